The lowest BCUT2D eigenvalue weighted by Gasteiger charge is -2.36. The van der Waals surface area contributed by atoms with E-state index < -0.39 is 16.1 Å². The Morgan fingerprint density at radius 2 is 1.63 bits per heavy atom. The molecular formula is C31H33N3O3S. The fourth-order valence-electron chi connectivity index (χ4n) is 5.59. The summed E-state index contributed by atoms with van der Waals surface area (Å²) in [5, 5.41) is 4.25. The highest BCUT2D eigenvalue weighted by atomic mass is 32.2. The Kier molecular flexibility index (Phi) is 7.32. The van der Waals surface area contributed by atoms with E-state index in [1.54, 1.807) is 10.9 Å². The first kappa shape index (κ1) is 26.1. The molecule has 6 nitrogen and oxygen atoms in total. The number of carbonyl (C=O) groups is 1. The number of aromatic nitrogens is 2. The molecule has 0 spiro atoms. The van der Waals surface area contributed by atoms with Crippen LogP contribution in [0.25, 0.3) is 5.69 Å². The van der Waals surface area contributed by atoms with Crippen LogP contribution in [0.3, 0.4) is 0 Å². The Labute approximate surface area is 225 Å². The molecule has 0 bridgehead atoms. The van der Waals surface area contributed by atoms with Crippen molar-refractivity contribution in [2.24, 2.45) is 0 Å². The molecule has 196 valence electrons. The van der Waals surface area contributed by atoms with Gasteiger partial charge in [0.25, 0.3) is 0 Å². The Hall–Kier alpha value is -3.55. The van der Waals surface area contributed by atoms with Crippen molar-refractivity contribution in [3.63, 3.8) is 0 Å². The molecule has 5 rings (SSSR count). The van der Waals surface area contributed by atoms with Crippen molar-refractivity contribution < 1.29 is 13.2 Å². The zero-order valence-corrected chi connectivity index (χ0v) is 22.9. The van der Waals surface area contributed by atoms with Gasteiger partial charge in [-0.05, 0) is 86.1 Å². The monoisotopic (exact) mass is 527 g/mol. The number of fused-ring (bicyclic) bond motifs is 1. The lowest BCUT2D eigenvalue weighted by atomic mass is 9.92. The van der Waals surface area contributed by atoms with E-state index in [1.165, 1.54) is 4.31 Å². The third kappa shape index (κ3) is 5.22. The van der Waals surface area contributed by atoms with E-state index in [9.17, 15) is 13.2 Å². The van der Waals surface area contributed by atoms with Crippen LogP contribution >= 0.6 is 0 Å². The lowest BCUT2D eigenvalue weighted by Crippen LogP contribution is -2.48. The van der Waals surface area contributed by atoms with Gasteiger partial charge in [-0.2, -0.15) is 9.40 Å². The van der Waals surface area contributed by atoms with Crippen LogP contribution in [0.5, 0.6) is 0 Å². The molecule has 0 saturated heterocycles. The number of carbonyl (C=O) groups excluding carboxylic acids is 1. The normalized spacial score (nSPS) is 15.8. The van der Waals surface area contributed by atoms with Crippen LogP contribution in [-0.4, -0.2) is 34.3 Å². The van der Waals surface area contributed by atoms with E-state index in [0.717, 1.165) is 34.4 Å². The molecule has 38 heavy (non-hydrogen) atoms. The highest BCUT2D eigenvalue weighted by Gasteiger charge is 2.40. The number of sulfonamides is 1. The van der Waals surface area contributed by atoms with E-state index in [2.05, 4.69) is 17.2 Å². The first-order chi connectivity index (χ1) is 18.2. The number of rotatable bonds is 8. The number of Topliss-reactive ketones (excluding diaryl/α,β-unsaturated/α-hetero) is 1. The third-order valence-electron chi connectivity index (χ3n) is 7.34. The van der Waals surface area contributed by atoms with Gasteiger partial charge in [-0.25, -0.2) is 13.1 Å². The molecule has 1 aliphatic rings. The van der Waals surface area contributed by atoms with Crippen LogP contribution < -0.4 is 0 Å². The fourth-order valence-corrected chi connectivity index (χ4v) is 7.59. The van der Waals surface area contributed by atoms with E-state index in [0.29, 0.717) is 35.3 Å². The molecule has 4 aromatic rings. The first-order valence-corrected chi connectivity index (χ1v) is 14.5. The molecule has 0 radical (unpaired) electrons. The number of aryl methyl sites for hydroxylation is 4. The van der Waals surface area contributed by atoms with Crippen molar-refractivity contribution in [2.45, 2.75) is 63.9 Å². The number of ketones is 1. The second-order valence-corrected chi connectivity index (χ2v) is 12.0. The summed E-state index contributed by atoms with van der Waals surface area (Å²) in [7, 11) is -3.88. The molecule has 0 amide bonds. The van der Waals surface area contributed by atoms with Crippen molar-refractivity contribution >= 4 is 15.8 Å². The topological polar surface area (TPSA) is 72.3 Å². The molecule has 1 atom stereocenters. The number of hydrogen-bond acceptors (Lipinski definition) is 4. The summed E-state index contributed by atoms with van der Waals surface area (Å²) in [6, 6.07) is 20.9. The van der Waals surface area contributed by atoms with Crippen molar-refractivity contribution in [1.29, 1.82) is 0 Å². The van der Waals surface area contributed by atoms with Gasteiger partial charge in [-0.15, -0.1) is 0 Å². The zero-order valence-electron chi connectivity index (χ0n) is 22.1. The highest BCUT2D eigenvalue weighted by Crippen LogP contribution is 2.33. The largest absolute Gasteiger partial charge is 0.298 e. The Bertz CT molecular complexity index is 1540. The molecule has 2 heterocycles. The highest BCUT2D eigenvalue weighted by molar-refractivity contribution is 7.89. The van der Waals surface area contributed by atoms with Gasteiger partial charge in [-0.3, -0.25) is 4.79 Å². The van der Waals surface area contributed by atoms with Gasteiger partial charge < -0.3 is 0 Å². The molecule has 3 aromatic carbocycles. The molecule has 0 saturated carbocycles. The van der Waals surface area contributed by atoms with Crippen LogP contribution in [0.1, 0.15) is 46.2 Å². The average Bonchev–Trinajstić information content (AvgIpc) is 3.42. The molecule has 1 unspecified atom stereocenters. The zero-order chi connectivity index (χ0) is 26.9. The van der Waals surface area contributed by atoms with Crippen LogP contribution in [0.2, 0.25) is 0 Å². The Morgan fingerprint density at radius 3 is 2.29 bits per heavy atom. The summed E-state index contributed by atoms with van der Waals surface area (Å²) in [4.78, 5) is 13.9. The van der Waals surface area contributed by atoms with Crippen molar-refractivity contribution in [3.8, 4) is 5.69 Å². The summed E-state index contributed by atoms with van der Waals surface area (Å²) in [6.07, 6.45) is 5.78. The Balaban J connectivity index is 1.35. The summed E-state index contributed by atoms with van der Waals surface area (Å²) >= 11 is 0. The average molecular weight is 528 g/mol. The summed E-state index contributed by atoms with van der Waals surface area (Å²) in [5.74, 6) is -0.0290. The second kappa shape index (κ2) is 10.7. The van der Waals surface area contributed by atoms with Crippen molar-refractivity contribution in [2.75, 3.05) is 0 Å². The summed E-state index contributed by atoms with van der Waals surface area (Å²) in [5.41, 5.74) is 6.57. The van der Waals surface area contributed by atoms with Crippen LogP contribution in [-0.2, 0) is 34.2 Å². The van der Waals surface area contributed by atoms with Gasteiger partial charge in [0.15, 0.2) is 5.78 Å². The minimum atomic E-state index is -3.88. The molecule has 0 N–H and O–H groups in total. The van der Waals surface area contributed by atoms with E-state index in [4.69, 9.17) is 0 Å². The molecule has 0 aliphatic carbocycles. The number of hydrogen-bond donors (Lipinski definition) is 0. The maximum absolute atomic E-state index is 14.1. The summed E-state index contributed by atoms with van der Waals surface area (Å²) < 4.78 is 31.4. The third-order valence-corrected chi connectivity index (χ3v) is 9.50. The van der Waals surface area contributed by atoms with Crippen LogP contribution in [0, 0.1) is 20.8 Å². The molecule has 1 aliphatic heterocycles. The van der Waals surface area contributed by atoms with Crippen LogP contribution in [0.4, 0.5) is 0 Å². The van der Waals surface area contributed by atoms with Crippen molar-refractivity contribution in [1.82, 2.24) is 14.1 Å². The van der Waals surface area contributed by atoms with Crippen LogP contribution in [0.15, 0.2) is 84.0 Å². The summed E-state index contributed by atoms with van der Waals surface area (Å²) in [6.45, 7) is 5.83. The molecular weight excluding hydrogens is 494 g/mol. The SMILES string of the molecule is Cc1cc(C)c(S(=O)(=O)N2Cc3ccccc3CC2C(=O)CCCc2ccc(-n3cccn3)cc2)c(C)c1. The van der Waals surface area contributed by atoms with E-state index in [-0.39, 0.29) is 12.3 Å². The standard InChI is InChI=1S/C31H33N3O3S/c1-22-18-23(2)31(24(3)19-22)38(36,37)34-21-27-10-5-4-9-26(27)20-29(34)30(35)11-6-8-25-12-14-28(15-13-25)33-17-7-16-32-33/h4-5,7,9-10,12-19,29H,6,8,11,20-21H2,1-3H3. The van der Waals surface area contributed by atoms with E-state index in [1.807, 2.05) is 81.6 Å². The van der Waals surface area contributed by atoms with Gasteiger partial charge in [0.1, 0.15) is 0 Å². The van der Waals surface area contributed by atoms with Gasteiger partial charge >= 0.3 is 0 Å². The van der Waals surface area contributed by atoms with Gasteiger partial charge in [-0.1, -0.05) is 54.1 Å². The Morgan fingerprint density at radius 1 is 0.947 bits per heavy atom. The minimum absolute atomic E-state index is 0.0290. The van der Waals surface area contributed by atoms with Crippen molar-refractivity contribution in [3.05, 3.63) is 113 Å². The van der Waals surface area contributed by atoms with E-state index >= 15 is 0 Å². The first-order valence-electron chi connectivity index (χ1n) is 13.0. The quantitative estimate of drug-likeness (QED) is 0.303. The molecule has 1 aromatic heterocycles. The molecule has 7 heteroatoms. The predicted octanol–water partition coefficient (Wildman–Crippen LogP) is 5.51. The smallest absolute Gasteiger partial charge is 0.244 e. The number of benzene rings is 3. The van der Waals surface area contributed by atoms with Gasteiger partial charge in [0, 0.05) is 25.4 Å². The maximum Gasteiger partial charge on any atom is 0.244 e. The molecule has 0 fully saturated rings. The van der Waals surface area contributed by atoms with Gasteiger partial charge in [0.05, 0.1) is 16.6 Å². The second-order valence-electron chi connectivity index (χ2n) is 10.2. The lowest BCUT2D eigenvalue weighted by molar-refractivity contribution is -0.123. The van der Waals surface area contributed by atoms with Gasteiger partial charge in [0.2, 0.25) is 10.0 Å². The predicted molar refractivity (Wildman–Crippen MR) is 149 cm³/mol. The fraction of sp³-hybridized carbons (Fsp3) is 0.290. The minimum Gasteiger partial charge on any atom is -0.298 e. The number of nitrogens with zero attached hydrogens (tertiary/aromatic N) is 3. The maximum atomic E-state index is 14.1.